The molecule has 6 nitrogen and oxygen atoms in total. The molecule has 1 heterocycles. The summed E-state index contributed by atoms with van der Waals surface area (Å²) in [5.41, 5.74) is 0.586. The van der Waals surface area contributed by atoms with Crippen molar-refractivity contribution in [2.45, 2.75) is 45.7 Å². The van der Waals surface area contributed by atoms with Crippen molar-refractivity contribution >= 4 is 11.5 Å². The number of aryl methyl sites for hydroxylation is 1. The molecule has 1 aliphatic carbocycles. The molecule has 0 aromatic carbocycles. The molecule has 0 saturated heterocycles. The average Bonchev–Trinajstić information content (AvgIpc) is 2.89. The Morgan fingerprint density at radius 3 is 2.62 bits per heavy atom. The van der Waals surface area contributed by atoms with Crippen LogP contribution in [0.3, 0.4) is 0 Å². The van der Waals surface area contributed by atoms with Crippen molar-refractivity contribution in [3.05, 3.63) is 15.8 Å². The van der Waals surface area contributed by atoms with Gasteiger partial charge in [0.1, 0.15) is 5.69 Å². The maximum atomic E-state index is 11.0. The molecule has 1 aromatic rings. The summed E-state index contributed by atoms with van der Waals surface area (Å²) in [6, 6.07) is 0.501. The molecule has 1 aliphatic rings. The highest BCUT2D eigenvalue weighted by Gasteiger charge is 2.31. The first-order valence-corrected chi connectivity index (χ1v) is 5.50. The van der Waals surface area contributed by atoms with Gasteiger partial charge in [0.25, 0.3) is 0 Å². The topological polar surface area (TPSA) is 73.0 Å². The van der Waals surface area contributed by atoms with E-state index in [4.69, 9.17) is 0 Å². The lowest BCUT2D eigenvalue weighted by molar-refractivity contribution is -0.384. The fraction of sp³-hybridized carbons (Fsp3) is 0.700. The highest BCUT2D eigenvalue weighted by Crippen LogP contribution is 2.34. The first kappa shape index (κ1) is 10.9. The van der Waals surface area contributed by atoms with E-state index in [9.17, 15) is 10.1 Å². The molecular weight excluding hydrogens is 208 g/mol. The third-order valence-corrected chi connectivity index (χ3v) is 2.64. The lowest BCUT2D eigenvalue weighted by Crippen LogP contribution is -2.12. The largest absolute Gasteiger partial charge is 0.362 e. The normalized spacial score (nSPS) is 15.5. The summed E-state index contributed by atoms with van der Waals surface area (Å²) in [5.74, 6) is 0.556. The Labute approximate surface area is 93.8 Å². The van der Waals surface area contributed by atoms with Gasteiger partial charge >= 0.3 is 5.69 Å². The maximum Gasteiger partial charge on any atom is 0.333 e. The van der Waals surface area contributed by atoms with Gasteiger partial charge in [0.2, 0.25) is 5.82 Å². The molecule has 1 fully saturated rings. The van der Waals surface area contributed by atoms with Crippen LogP contribution < -0.4 is 5.32 Å². The van der Waals surface area contributed by atoms with Crippen molar-refractivity contribution in [1.29, 1.82) is 0 Å². The monoisotopic (exact) mass is 224 g/mol. The summed E-state index contributed by atoms with van der Waals surface area (Å²) in [7, 11) is 0. The number of rotatable bonds is 4. The molecule has 1 aromatic heterocycles. The van der Waals surface area contributed by atoms with Gasteiger partial charge in [-0.25, -0.2) is 4.68 Å². The van der Waals surface area contributed by atoms with Gasteiger partial charge in [-0.1, -0.05) is 0 Å². The Hall–Kier alpha value is -1.59. The Bertz CT molecular complexity index is 421. The van der Waals surface area contributed by atoms with Crippen molar-refractivity contribution < 1.29 is 4.92 Å². The Kier molecular flexibility index (Phi) is 2.57. The summed E-state index contributed by atoms with van der Waals surface area (Å²) >= 11 is 0. The number of hydrogen-bond donors (Lipinski definition) is 1. The zero-order valence-corrected chi connectivity index (χ0v) is 9.73. The fourth-order valence-electron chi connectivity index (χ4n) is 1.69. The smallest absolute Gasteiger partial charge is 0.333 e. The van der Waals surface area contributed by atoms with E-state index in [0.29, 0.717) is 17.6 Å². The van der Waals surface area contributed by atoms with E-state index in [-0.39, 0.29) is 16.7 Å². The first-order valence-electron chi connectivity index (χ1n) is 5.50. The maximum absolute atomic E-state index is 11.0. The van der Waals surface area contributed by atoms with Crippen LogP contribution in [0.25, 0.3) is 0 Å². The standard InChI is InChI=1S/C10H16N4O2/c1-6(2)13-10(11-8-4-5-8)9(14(15)16)7(3)12-13/h6,8,11H,4-5H2,1-3H3. The van der Waals surface area contributed by atoms with E-state index in [0.717, 1.165) is 12.8 Å². The Morgan fingerprint density at radius 2 is 2.19 bits per heavy atom. The van der Waals surface area contributed by atoms with Crippen molar-refractivity contribution in [3.63, 3.8) is 0 Å². The second-order valence-electron chi connectivity index (χ2n) is 4.50. The summed E-state index contributed by atoms with van der Waals surface area (Å²) in [6.45, 7) is 5.61. The number of nitrogens with one attached hydrogen (secondary N) is 1. The minimum atomic E-state index is -0.355. The third kappa shape index (κ3) is 1.87. The Balaban J connectivity index is 2.44. The lowest BCUT2D eigenvalue weighted by atomic mass is 10.3. The second-order valence-corrected chi connectivity index (χ2v) is 4.50. The summed E-state index contributed by atoms with van der Waals surface area (Å²) in [5, 5.41) is 18.4. The molecule has 0 amide bonds. The minimum absolute atomic E-state index is 0.112. The number of nitro groups is 1. The molecule has 16 heavy (non-hydrogen) atoms. The molecule has 0 atom stereocenters. The van der Waals surface area contributed by atoms with Gasteiger partial charge in [0.05, 0.1) is 4.92 Å². The van der Waals surface area contributed by atoms with E-state index in [2.05, 4.69) is 10.4 Å². The van der Waals surface area contributed by atoms with Gasteiger partial charge in [-0.3, -0.25) is 10.1 Å². The van der Waals surface area contributed by atoms with E-state index < -0.39 is 0 Å². The van der Waals surface area contributed by atoms with Crippen LogP contribution in [0.1, 0.15) is 38.4 Å². The molecule has 6 heteroatoms. The molecule has 0 unspecified atom stereocenters. The van der Waals surface area contributed by atoms with E-state index in [1.165, 1.54) is 0 Å². The Morgan fingerprint density at radius 1 is 1.56 bits per heavy atom. The average molecular weight is 224 g/mol. The summed E-state index contributed by atoms with van der Waals surface area (Å²) in [4.78, 5) is 10.6. The minimum Gasteiger partial charge on any atom is -0.362 e. The predicted molar refractivity (Wildman–Crippen MR) is 60.6 cm³/mol. The van der Waals surface area contributed by atoms with Crippen LogP contribution in [0.2, 0.25) is 0 Å². The summed E-state index contributed by atoms with van der Waals surface area (Å²) < 4.78 is 1.70. The van der Waals surface area contributed by atoms with Crippen molar-refractivity contribution in [2.75, 3.05) is 5.32 Å². The zero-order valence-electron chi connectivity index (χ0n) is 9.73. The molecule has 88 valence electrons. The molecule has 0 radical (unpaired) electrons. The molecule has 0 bridgehead atoms. The van der Waals surface area contributed by atoms with Crippen LogP contribution in [-0.4, -0.2) is 20.7 Å². The highest BCUT2D eigenvalue weighted by molar-refractivity contribution is 5.60. The van der Waals surface area contributed by atoms with Gasteiger partial charge in [0, 0.05) is 12.1 Å². The lowest BCUT2D eigenvalue weighted by Gasteiger charge is -2.10. The fourth-order valence-corrected chi connectivity index (χ4v) is 1.69. The van der Waals surface area contributed by atoms with Crippen LogP contribution in [-0.2, 0) is 0 Å². The van der Waals surface area contributed by atoms with Gasteiger partial charge < -0.3 is 5.32 Å². The van der Waals surface area contributed by atoms with Crippen molar-refractivity contribution in [1.82, 2.24) is 9.78 Å². The van der Waals surface area contributed by atoms with Crippen molar-refractivity contribution in [3.8, 4) is 0 Å². The van der Waals surface area contributed by atoms with E-state index in [1.807, 2.05) is 13.8 Å². The predicted octanol–water partition coefficient (Wildman–Crippen LogP) is 2.25. The van der Waals surface area contributed by atoms with Crippen LogP contribution in [0.5, 0.6) is 0 Å². The van der Waals surface area contributed by atoms with Gasteiger partial charge in [-0.2, -0.15) is 5.10 Å². The van der Waals surface area contributed by atoms with E-state index in [1.54, 1.807) is 11.6 Å². The number of anilines is 1. The van der Waals surface area contributed by atoms with Gasteiger partial charge in [-0.05, 0) is 33.6 Å². The molecule has 0 spiro atoms. The molecule has 1 N–H and O–H groups in total. The number of hydrogen-bond acceptors (Lipinski definition) is 4. The number of aromatic nitrogens is 2. The quantitative estimate of drug-likeness (QED) is 0.628. The van der Waals surface area contributed by atoms with Crippen LogP contribution in [0.4, 0.5) is 11.5 Å². The molecule has 0 aliphatic heterocycles. The summed E-state index contributed by atoms with van der Waals surface area (Å²) in [6.07, 6.45) is 2.17. The van der Waals surface area contributed by atoms with Crippen LogP contribution in [0, 0.1) is 17.0 Å². The van der Waals surface area contributed by atoms with Gasteiger partial charge in [-0.15, -0.1) is 0 Å². The van der Waals surface area contributed by atoms with Crippen molar-refractivity contribution in [2.24, 2.45) is 0 Å². The molecular formula is C10H16N4O2. The number of nitrogens with zero attached hydrogens (tertiary/aromatic N) is 3. The van der Waals surface area contributed by atoms with E-state index >= 15 is 0 Å². The SMILES string of the molecule is Cc1nn(C(C)C)c(NC2CC2)c1[N+](=O)[O-]. The van der Waals surface area contributed by atoms with Crippen LogP contribution in [0.15, 0.2) is 0 Å². The van der Waals surface area contributed by atoms with Crippen LogP contribution >= 0.6 is 0 Å². The third-order valence-electron chi connectivity index (χ3n) is 2.64. The second kappa shape index (κ2) is 3.77. The highest BCUT2D eigenvalue weighted by atomic mass is 16.6. The first-order chi connectivity index (χ1) is 7.50. The van der Waals surface area contributed by atoms with Gasteiger partial charge in [0.15, 0.2) is 0 Å². The molecule has 2 rings (SSSR count). The molecule has 1 saturated carbocycles. The zero-order chi connectivity index (χ0) is 11.9.